The first kappa shape index (κ1) is 50.5. The van der Waals surface area contributed by atoms with Crippen LogP contribution < -0.4 is 14.7 Å². The first-order valence-electron chi connectivity index (χ1n) is 29.8. The summed E-state index contributed by atoms with van der Waals surface area (Å²) in [5, 5.41) is 18.6. The molecule has 8 heteroatoms. The Kier molecular flexibility index (Phi) is 12.0. The zero-order valence-corrected chi connectivity index (χ0v) is 47.8. The molecule has 0 unspecified atom stereocenters. The maximum Gasteiger partial charge on any atom is 0.185 e. The Labute approximate surface area is 508 Å². The van der Waals surface area contributed by atoms with E-state index in [2.05, 4.69) is 356 Å². The van der Waals surface area contributed by atoms with Gasteiger partial charge in [0.2, 0.25) is 0 Å². The number of nitrogens with zero attached hydrogens (tertiary/aromatic N) is 8. The number of benzene rings is 13. The molecule has 0 aliphatic rings. The summed E-state index contributed by atoms with van der Waals surface area (Å²) in [4.78, 5) is 7.07. The lowest BCUT2D eigenvalue weighted by Gasteiger charge is -2.33. The van der Waals surface area contributed by atoms with E-state index in [1.54, 1.807) is 0 Å². The zero-order chi connectivity index (χ0) is 58.1. The highest BCUT2D eigenvalue weighted by Gasteiger charge is 2.30. The summed E-state index contributed by atoms with van der Waals surface area (Å²) in [6.07, 6.45) is 0. The fourth-order valence-corrected chi connectivity index (χ4v) is 13.4. The molecule has 0 spiro atoms. The molecular weight excluding hydrogens is 1070 g/mol. The molecule has 0 saturated carbocycles. The molecule has 0 saturated heterocycles. The van der Waals surface area contributed by atoms with Crippen LogP contribution in [0.3, 0.4) is 0 Å². The van der Waals surface area contributed by atoms with E-state index in [-0.39, 0.29) is 0 Å². The Hall–Kier alpha value is -12.0. The minimum atomic E-state index is 0.652. The molecule has 8 nitrogen and oxygen atoms in total. The fraction of sp³-hybridized carbons (Fsp3) is 0. The van der Waals surface area contributed by atoms with Crippen molar-refractivity contribution in [3.8, 4) is 17.1 Å². The van der Waals surface area contributed by atoms with Crippen molar-refractivity contribution in [2.45, 2.75) is 0 Å². The molecule has 414 valence electrons. The predicted molar refractivity (Wildman–Crippen MR) is 367 cm³/mol. The second-order valence-corrected chi connectivity index (χ2v) is 22.3. The highest BCUT2D eigenvalue weighted by atomic mass is 15.3. The third-order valence-corrected chi connectivity index (χ3v) is 17.2. The van der Waals surface area contributed by atoms with Gasteiger partial charge in [-0.15, -0.1) is 10.2 Å². The third-order valence-electron chi connectivity index (χ3n) is 17.2. The molecule has 17 rings (SSSR count). The van der Waals surface area contributed by atoms with E-state index in [1.807, 2.05) is 0 Å². The van der Waals surface area contributed by atoms with Gasteiger partial charge < -0.3 is 23.5 Å². The predicted octanol–water partition coefficient (Wildman–Crippen LogP) is 21.3. The third kappa shape index (κ3) is 8.30. The van der Waals surface area contributed by atoms with Crippen LogP contribution in [0.4, 0.5) is 51.3 Å². The van der Waals surface area contributed by atoms with Crippen LogP contribution in [0.25, 0.3) is 93.4 Å². The first-order valence-corrected chi connectivity index (χ1v) is 29.8. The Morgan fingerprint density at radius 3 is 0.909 bits per heavy atom. The second kappa shape index (κ2) is 21.0. The van der Waals surface area contributed by atoms with E-state index in [9.17, 15) is 0 Å². The second-order valence-electron chi connectivity index (χ2n) is 22.3. The van der Waals surface area contributed by atoms with Gasteiger partial charge in [0.05, 0.1) is 38.6 Å². The van der Waals surface area contributed by atoms with Crippen LogP contribution in [-0.4, -0.2) is 23.9 Å². The molecule has 17 aromatic rings. The normalized spacial score (nSPS) is 11.6. The maximum atomic E-state index is 5.47. The minimum absolute atomic E-state index is 0.652. The van der Waals surface area contributed by atoms with Gasteiger partial charge in [0.1, 0.15) is 5.69 Å². The van der Waals surface area contributed by atoms with Crippen LogP contribution in [0.1, 0.15) is 0 Å². The molecule has 0 fully saturated rings. The van der Waals surface area contributed by atoms with Crippen molar-refractivity contribution in [2.75, 3.05) is 14.7 Å². The van der Waals surface area contributed by atoms with E-state index >= 15 is 0 Å². The number of hydrogen-bond donors (Lipinski definition) is 0. The first-order chi connectivity index (χ1) is 43.7. The highest BCUT2D eigenvalue weighted by Crippen LogP contribution is 2.51. The van der Waals surface area contributed by atoms with Crippen LogP contribution >= 0.6 is 0 Å². The van der Waals surface area contributed by atoms with E-state index in [1.165, 1.54) is 5.39 Å². The van der Waals surface area contributed by atoms with E-state index in [0.29, 0.717) is 5.82 Å². The molecule has 88 heavy (non-hydrogen) atoms. The highest BCUT2D eigenvalue weighted by molar-refractivity contribution is 6.15. The summed E-state index contributed by atoms with van der Waals surface area (Å²) in [6.45, 7) is 0. The van der Waals surface area contributed by atoms with E-state index in [4.69, 9.17) is 10.2 Å². The number of fused-ring (bicyclic) bond motifs is 10. The van der Waals surface area contributed by atoms with Gasteiger partial charge in [0, 0.05) is 94.6 Å². The average Bonchev–Trinajstić information content (AvgIpc) is 1.52. The van der Waals surface area contributed by atoms with E-state index in [0.717, 1.165) is 133 Å². The molecular formula is C80H54N8. The van der Waals surface area contributed by atoms with Crippen molar-refractivity contribution in [1.29, 1.82) is 0 Å². The zero-order valence-electron chi connectivity index (χ0n) is 47.8. The Bertz CT molecular complexity index is 5450. The van der Waals surface area contributed by atoms with Crippen molar-refractivity contribution in [2.24, 2.45) is 0 Å². The van der Waals surface area contributed by atoms with Gasteiger partial charge in [-0.2, -0.15) is 0 Å². The number of aromatic nitrogens is 5. The van der Waals surface area contributed by atoms with Crippen molar-refractivity contribution in [1.82, 2.24) is 23.9 Å². The van der Waals surface area contributed by atoms with Crippen LogP contribution in [0.5, 0.6) is 0 Å². The van der Waals surface area contributed by atoms with Gasteiger partial charge in [-0.3, -0.25) is 4.90 Å². The topological polar surface area (TPSA) is 50.3 Å². The summed E-state index contributed by atoms with van der Waals surface area (Å²) in [7, 11) is 0. The maximum absolute atomic E-state index is 5.47. The van der Waals surface area contributed by atoms with Gasteiger partial charge in [-0.05, 0) is 164 Å². The van der Waals surface area contributed by atoms with Gasteiger partial charge >= 0.3 is 0 Å². The summed E-state index contributed by atoms with van der Waals surface area (Å²) in [5.41, 5.74) is 18.5. The van der Waals surface area contributed by atoms with Gasteiger partial charge in [-0.1, -0.05) is 164 Å². The summed E-state index contributed by atoms with van der Waals surface area (Å²) in [5.74, 6) is 0.652. The molecule has 0 atom stereocenters. The molecule has 0 amide bonds. The quantitative estimate of drug-likeness (QED) is 0.122. The standard InChI is InChI=1S/C80H54N8/c1-7-25-55(26-8-1)83(62-44-48-76-68(51-62)65-37-19-22-40-73(65)86(76)58-31-13-4-14-32-58)61-43-47-72-71(54-61)79(84(56-27-9-2-10-28-56)63-45-49-77-69(52-63)66-38-20-23-41-74(66)87(77)59-33-15-5-16-34-59)80(82-81-72)85(57-29-11-3-12-30-57)64-46-50-78-70(53-64)67-39-21-24-42-75(67)88(78)60-35-17-6-18-36-60/h1-54H. The van der Waals surface area contributed by atoms with Gasteiger partial charge in [-0.25, -0.2) is 0 Å². The molecule has 0 aliphatic heterocycles. The number of rotatable bonds is 12. The largest absolute Gasteiger partial charge is 0.310 e. The van der Waals surface area contributed by atoms with Gasteiger partial charge in [0.25, 0.3) is 0 Å². The van der Waals surface area contributed by atoms with Crippen LogP contribution in [0.2, 0.25) is 0 Å². The number of hydrogen-bond acceptors (Lipinski definition) is 5. The van der Waals surface area contributed by atoms with Crippen molar-refractivity contribution in [3.63, 3.8) is 0 Å². The lowest BCUT2D eigenvalue weighted by molar-refractivity contribution is 1.03. The molecule has 13 aromatic carbocycles. The number of para-hydroxylation sites is 9. The van der Waals surface area contributed by atoms with Crippen LogP contribution in [-0.2, 0) is 0 Å². The van der Waals surface area contributed by atoms with Gasteiger partial charge in [0.15, 0.2) is 5.82 Å². The summed E-state index contributed by atoms with van der Waals surface area (Å²) < 4.78 is 7.11. The number of anilines is 9. The molecule has 4 aromatic heterocycles. The molecule has 0 N–H and O–H groups in total. The fourth-order valence-electron chi connectivity index (χ4n) is 13.4. The lowest BCUT2D eigenvalue weighted by atomic mass is 10.1. The summed E-state index contributed by atoms with van der Waals surface area (Å²) in [6, 6.07) is 117. The van der Waals surface area contributed by atoms with Crippen LogP contribution in [0, 0.1) is 0 Å². The smallest absolute Gasteiger partial charge is 0.185 e. The average molecular weight is 1130 g/mol. The monoisotopic (exact) mass is 1130 g/mol. The van der Waals surface area contributed by atoms with Crippen molar-refractivity contribution in [3.05, 3.63) is 328 Å². The van der Waals surface area contributed by atoms with E-state index < -0.39 is 0 Å². The Morgan fingerprint density at radius 1 is 0.205 bits per heavy atom. The minimum Gasteiger partial charge on any atom is -0.310 e. The molecule has 0 radical (unpaired) electrons. The van der Waals surface area contributed by atoms with Crippen LogP contribution in [0.15, 0.2) is 328 Å². The molecule has 4 heterocycles. The molecule has 0 aliphatic carbocycles. The SMILES string of the molecule is c1ccc(N(c2ccc3nnc(N(c4ccccc4)c4ccc5c(c4)c4ccccc4n5-c4ccccc4)c(N(c4ccccc4)c4ccc5c(c4)c4ccccc4n5-c4ccccc4)c3c2)c2ccc3c(c2)c2ccccc2n3-c2ccccc2)cc1. The van der Waals surface area contributed by atoms with Crippen molar-refractivity contribution < 1.29 is 0 Å². The Morgan fingerprint density at radius 2 is 0.500 bits per heavy atom. The lowest BCUT2D eigenvalue weighted by Crippen LogP contribution is -2.19. The van der Waals surface area contributed by atoms with Crippen molar-refractivity contribution >= 4 is 128 Å². The summed E-state index contributed by atoms with van der Waals surface area (Å²) >= 11 is 0. The Balaban J connectivity index is 0.953. The molecule has 0 bridgehead atoms.